The van der Waals surface area contributed by atoms with Crippen molar-refractivity contribution < 1.29 is 27.5 Å². The molecule has 0 aliphatic heterocycles. The van der Waals surface area contributed by atoms with Crippen LogP contribution in [0.2, 0.25) is 0 Å². The highest BCUT2D eigenvalue weighted by molar-refractivity contribution is 5.98. The van der Waals surface area contributed by atoms with Crippen molar-refractivity contribution in [2.24, 2.45) is 0 Å². The largest absolute Gasteiger partial charge is 0.454 e. The Morgan fingerprint density at radius 1 is 0.958 bits per heavy atom. The van der Waals surface area contributed by atoms with Gasteiger partial charge >= 0.3 is 12.1 Å². The van der Waals surface area contributed by atoms with Crippen LogP contribution in [0.25, 0.3) is 6.08 Å². The highest BCUT2D eigenvalue weighted by Crippen LogP contribution is 2.29. The van der Waals surface area contributed by atoms with Gasteiger partial charge in [0.2, 0.25) is 0 Å². The number of ketones is 1. The molecule has 0 aliphatic rings. The van der Waals surface area contributed by atoms with Gasteiger partial charge in [-0.1, -0.05) is 42.5 Å². The number of alkyl halides is 3. The van der Waals surface area contributed by atoms with Crippen molar-refractivity contribution in [2.45, 2.75) is 6.18 Å². The number of rotatable bonds is 5. The third kappa shape index (κ3) is 5.08. The van der Waals surface area contributed by atoms with E-state index in [1.54, 1.807) is 30.3 Å². The van der Waals surface area contributed by atoms with Gasteiger partial charge in [0.25, 0.3) is 0 Å². The Morgan fingerprint density at radius 3 is 2.17 bits per heavy atom. The van der Waals surface area contributed by atoms with Crippen LogP contribution in [-0.2, 0) is 15.7 Å². The van der Waals surface area contributed by atoms with Gasteiger partial charge in [-0.2, -0.15) is 13.2 Å². The van der Waals surface area contributed by atoms with Crippen LogP contribution in [0.4, 0.5) is 13.2 Å². The maximum Gasteiger partial charge on any atom is 0.416 e. The summed E-state index contributed by atoms with van der Waals surface area (Å²) in [6.45, 7) is -0.403. The highest BCUT2D eigenvalue weighted by atomic mass is 19.4. The second kappa shape index (κ2) is 7.59. The van der Waals surface area contributed by atoms with E-state index in [2.05, 4.69) is 0 Å². The van der Waals surface area contributed by atoms with Crippen LogP contribution in [0.1, 0.15) is 21.5 Å². The summed E-state index contributed by atoms with van der Waals surface area (Å²) in [4.78, 5) is 23.3. The normalized spacial score (nSPS) is 11.5. The molecule has 0 unspecified atom stereocenters. The second-order valence-corrected chi connectivity index (χ2v) is 4.85. The van der Waals surface area contributed by atoms with Crippen molar-refractivity contribution in [3.8, 4) is 0 Å². The first-order valence-electron chi connectivity index (χ1n) is 6.96. The Kier molecular flexibility index (Phi) is 5.52. The lowest BCUT2D eigenvalue weighted by molar-refractivity contribution is -0.138. The first-order valence-corrected chi connectivity index (χ1v) is 6.96. The minimum atomic E-state index is -4.40. The van der Waals surface area contributed by atoms with Crippen LogP contribution in [0, 0.1) is 0 Å². The molecule has 24 heavy (non-hydrogen) atoms. The second-order valence-electron chi connectivity index (χ2n) is 4.85. The van der Waals surface area contributed by atoms with Crippen molar-refractivity contribution in [3.05, 3.63) is 77.4 Å². The molecule has 2 rings (SSSR count). The molecular formula is C18H13F3O3. The Bertz CT molecular complexity index is 732. The molecule has 0 atom stereocenters. The van der Waals surface area contributed by atoms with E-state index in [0.29, 0.717) is 11.1 Å². The number of ether oxygens (including phenoxy) is 1. The monoisotopic (exact) mass is 334 g/mol. The van der Waals surface area contributed by atoms with Gasteiger partial charge in [-0.3, -0.25) is 4.79 Å². The number of hydrogen-bond donors (Lipinski definition) is 0. The number of Topliss-reactive ketones (excluding diaryl/α,β-unsaturated/α-hetero) is 1. The van der Waals surface area contributed by atoms with E-state index >= 15 is 0 Å². The fourth-order valence-corrected chi connectivity index (χ4v) is 1.84. The molecule has 0 saturated carbocycles. The number of esters is 1. The van der Waals surface area contributed by atoms with Crippen molar-refractivity contribution in [1.29, 1.82) is 0 Å². The third-order valence-corrected chi connectivity index (χ3v) is 3.09. The summed E-state index contributed by atoms with van der Waals surface area (Å²) in [7, 11) is 0. The van der Waals surface area contributed by atoms with Crippen LogP contribution in [0.3, 0.4) is 0 Å². The fourth-order valence-electron chi connectivity index (χ4n) is 1.84. The fraction of sp³-hybridized carbons (Fsp3) is 0.111. The lowest BCUT2D eigenvalue weighted by atomic mass is 10.1. The van der Waals surface area contributed by atoms with E-state index in [9.17, 15) is 22.8 Å². The lowest BCUT2D eigenvalue weighted by Gasteiger charge is -2.05. The van der Waals surface area contributed by atoms with Crippen molar-refractivity contribution in [3.63, 3.8) is 0 Å². The Hall–Kier alpha value is -2.89. The molecule has 6 heteroatoms. The predicted molar refractivity (Wildman–Crippen MR) is 82.2 cm³/mol. The number of carbonyl (C=O) groups is 2. The average Bonchev–Trinajstić information content (AvgIpc) is 2.58. The number of halogens is 3. The molecule has 0 radical (unpaired) electrons. The summed E-state index contributed by atoms with van der Waals surface area (Å²) in [5.74, 6) is -1.09. The standard InChI is InChI=1S/C18H13F3O3/c19-18(20,21)15-9-6-13(7-10-15)8-11-17(23)24-12-16(22)14-4-2-1-3-5-14/h1-11H,12H2/b11-8+. The molecule has 0 heterocycles. The maximum atomic E-state index is 12.4. The van der Waals surface area contributed by atoms with Crippen molar-refractivity contribution in [2.75, 3.05) is 6.61 Å². The smallest absolute Gasteiger partial charge is 0.416 e. The molecule has 0 saturated heterocycles. The van der Waals surface area contributed by atoms with Crippen LogP contribution in [0.5, 0.6) is 0 Å². The van der Waals surface area contributed by atoms with E-state index in [4.69, 9.17) is 4.74 Å². The van der Waals surface area contributed by atoms with Crippen molar-refractivity contribution in [1.82, 2.24) is 0 Å². The van der Waals surface area contributed by atoms with E-state index in [1.165, 1.54) is 18.2 Å². The molecule has 0 aromatic heterocycles. The predicted octanol–water partition coefficient (Wildman–Crippen LogP) is 4.14. The minimum absolute atomic E-state index is 0.341. The summed E-state index contributed by atoms with van der Waals surface area (Å²) in [6.07, 6.45) is -2.03. The third-order valence-electron chi connectivity index (χ3n) is 3.09. The number of hydrogen-bond acceptors (Lipinski definition) is 3. The lowest BCUT2D eigenvalue weighted by Crippen LogP contribution is -2.12. The van der Waals surface area contributed by atoms with Crippen LogP contribution in [0.15, 0.2) is 60.7 Å². The molecule has 124 valence electrons. The quantitative estimate of drug-likeness (QED) is 0.469. The summed E-state index contributed by atoms with van der Waals surface area (Å²) in [6, 6.07) is 12.7. The maximum absolute atomic E-state index is 12.4. The van der Waals surface area contributed by atoms with Gasteiger partial charge in [-0.05, 0) is 23.8 Å². The Balaban J connectivity index is 1.88. The van der Waals surface area contributed by atoms with Crippen molar-refractivity contribution >= 4 is 17.8 Å². The molecule has 0 N–H and O–H groups in total. The molecule has 2 aromatic rings. The number of benzene rings is 2. The van der Waals surface area contributed by atoms with Gasteiger partial charge in [-0.15, -0.1) is 0 Å². The van der Waals surface area contributed by atoms with E-state index in [-0.39, 0.29) is 5.78 Å². The van der Waals surface area contributed by atoms with Gasteiger partial charge in [0.05, 0.1) is 5.56 Å². The zero-order chi connectivity index (χ0) is 17.6. The molecule has 0 bridgehead atoms. The van der Waals surface area contributed by atoms with Gasteiger partial charge in [0.15, 0.2) is 12.4 Å². The summed E-state index contributed by atoms with van der Waals surface area (Å²) < 4.78 is 42.1. The molecule has 0 aliphatic carbocycles. The SMILES string of the molecule is O=C(/C=C/c1ccc(C(F)(F)F)cc1)OCC(=O)c1ccccc1. The van der Waals surface area contributed by atoms with Crippen LogP contribution in [-0.4, -0.2) is 18.4 Å². The van der Waals surface area contributed by atoms with Gasteiger partial charge in [0, 0.05) is 11.6 Å². The van der Waals surface area contributed by atoms with E-state index in [0.717, 1.165) is 18.2 Å². The first kappa shape index (κ1) is 17.5. The summed E-state index contributed by atoms with van der Waals surface area (Å²) in [5.41, 5.74) is 0.0713. The van der Waals surface area contributed by atoms with Gasteiger partial charge in [0.1, 0.15) is 0 Å². The zero-order valence-corrected chi connectivity index (χ0v) is 12.4. The van der Waals surface area contributed by atoms with Crippen LogP contribution >= 0.6 is 0 Å². The molecule has 0 fully saturated rings. The average molecular weight is 334 g/mol. The van der Waals surface area contributed by atoms with Gasteiger partial charge < -0.3 is 4.74 Å². The summed E-state index contributed by atoms with van der Waals surface area (Å²) in [5, 5.41) is 0. The zero-order valence-electron chi connectivity index (χ0n) is 12.4. The number of carbonyl (C=O) groups excluding carboxylic acids is 2. The topological polar surface area (TPSA) is 43.4 Å². The molecule has 0 amide bonds. The Morgan fingerprint density at radius 2 is 1.58 bits per heavy atom. The first-order chi connectivity index (χ1) is 11.4. The molecule has 2 aromatic carbocycles. The van der Waals surface area contributed by atoms with Crippen LogP contribution < -0.4 is 0 Å². The molecule has 0 spiro atoms. The molecule has 3 nitrogen and oxygen atoms in total. The Labute approximate surface area is 136 Å². The van der Waals surface area contributed by atoms with E-state index < -0.39 is 24.3 Å². The van der Waals surface area contributed by atoms with Gasteiger partial charge in [-0.25, -0.2) is 4.79 Å². The minimum Gasteiger partial charge on any atom is -0.454 e. The highest BCUT2D eigenvalue weighted by Gasteiger charge is 2.29. The molecular weight excluding hydrogens is 321 g/mol. The summed E-state index contributed by atoms with van der Waals surface area (Å²) >= 11 is 0. The van der Waals surface area contributed by atoms with E-state index in [1.807, 2.05) is 0 Å².